The van der Waals surface area contributed by atoms with E-state index in [2.05, 4.69) is 62.0 Å². The quantitative estimate of drug-likeness (QED) is 0.247. The maximum Gasteiger partial charge on any atom is 0.119 e. The Morgan fingerprint density at radius 1 is 0.903 bits per heavy atom. The average molecular weight is 419 g/mol. The fraction of sp³-hybridized carbons (Fsp3) is 0.533. The number of hydrogen-bond acceptors (Lipinski definition) is 1. The Morgan fingerprint density at radius 2 is 1.65 bits per heavy atom. The maximum absolute atomic E-state index is 5.48. The van der Waals surface area contributed by atoms with E-state index < -0.39 is 0 Å². The van der Waals surface area contributed by atoms with Gasteiger partial charge in [0, 0.05) is 0 Å². The van der Waals surface area contributed by atoms with Crippen LogP contribution in [-0.2, 0) is 12.8 Å². The van der Waals surface area contributed by atoms with Crippen LogP contribution in [0.3, 0.4) is 0 Å². The van der Waals surface area contributed by atoms with E-state index in [0.29, 0.717) is 0 Å². The predicted octanol–water partition coefficient (Wildman–Crippen LogP) is 8.80. The second kappa shape index (κ2) is 12.7. The van der Waals surface area contributed by atoms with E-state index in [0.717, 1.165) is 24.0 Å². The smallest absolute Gasteiger partial charge is 0.119 e. The predicted molar refractivity (Wildman–Crippen MR) is 135 cm³/mol. The van der Waals surface area contributed by atoms with Crippen molar-refractivity contribution < 1.29 is 4.74 Å². The minimum absolute atomic E-state index is 0.785. The fourth-order valence-electron chi connectivity index (χ4n) is 5.08. The van der Waals surface area contributed by atoms with Crippen molar-refractivity contribution in [1.82, 2.24) is 0 Å². The first-order valence-electron chi connectivity index (χ1n) is 12.6. The van der Waals surface area contributed by atoms with Crippen LogP contribution >= 0.6 is 0 Å². The lowest BCUT2D eigenvalue weighted by molar-refractivity contribution is 0.290. The van der Waals surface area contributed by atoms with Crippen LogP contribution in [0.25, 0.3) is 11.1 Å². The summed E-state index contributed by atoms with van der Waals surface area (Å²) in [6, 6.07) is 15.9. The normalized spacial score (nSPS) is 18.6. The second-order valence-electron chi connectivity index (χ2n) is 9.44. The molecule has 0 saturated heterocycles. The van der Waals surface area contributed by atoms with Gasteiger partial charge in [-0.25, -0.2) is 0 Å². The third-order valence-corrected chi connectivity index (χ3v) is 7.18. The van der Waals surface area contributed by atoms with Crippen molar-refractivity contribution in [3.05, 3.63) is 66.2 Å². The fourth-order valence-corrected chi connectivity index (χ4v) is 5.08. The molecule has 1 fully saturated rings. The van der Waals surface area contributed by atoms with Crippen LogP contribution in [0.4, 0.5) is 0 Å². The van der Waals surface area contributed by atoms with Crippen LogP contribution in [-0.4, -0.2) is 7.11 Å². The van der Waals surface area contributed by atoms with E-state index in [1.165, 1.54) is 92.9 Å². The highest BCUT2D eigenvalue weighted by Gasteiger charge is 2.18. The van der Waals surface area contributed by atoms with Gasteiger partial charge in [0.05, 0.1) is 7.11 Å². The minimum Gasteiger partial charge on any atom is -0.497 e. The van der Waals surface area contributed by atoms with Crippen molar-refractivity contribution in [2.24, 2.45) is 11.8 Å². The van der Waals surface area contributed by atoms with Crippen molar-refractivity contribution in [1.29, 1.82) is 0 Å². The van der Waals surface area contributed by atoms with Gasteiger partial charge >= 0.3 is 0 Å². The van der Waals surface area contributed by atoms with Gasteiger partial charge in [0.2, 0.25) is 0 Å². The molecule has 0 amide bonds. The third kappa shape index (κ3) is 7.27. The van der Waals surface area contributed by atoms with E-state index in [1.807, 2.05) is 0 Å². The van der Waals surface area contributed by atoms with Crippen LogP contribution < -0.4 is 4.74 Å². The van der Waals surface area contributed by atoms with Gasteiger partial charge in [-0.15, -0.1) is 6.58 Å². The zero-order valence-electron chi connectivity index (χ0n) is 19.9. The lowest BCUT2D eigenvalue weighted by Gasteiger charge is -2.26. The molecule has 0 unspecified atom stereocenters. The number of unbranched alkanes of at least 4 members (excludes halogenated alkanes) is 3. The summed E-state index contributed by atoms with van der Waals surface area (Å²) in [5.41, 5.74) is 5.57. The molecule has 0 spiro atoms. The topological polar surface area (TPSA) is 9.23 Å². The number of methoxy groups -OCH3 is 1. The molecule has 2 aromatic carbocycles. The SMILES string of the molecule is C=C[C@H]1CC[C@H](CCCCc2ccc(-c3ccc(OC)cc3CCCCC)cc2)CC1. The highest BCUT2D eigenvalue weighted by Crippen LogP contribution is 2.33. The molecule has 2 aromatic rings. The van der Waals surface area contributed by atoms with E-state index in [9.17, 15) is 0 Å². The van der Waals surface area contributed by atoms with Gasteiger partial charge in [0.25, 0.3) is 0 Å². The molecule has 0 N–H and O–H groups in total. The molecule has 0 heterocycles. The van der Waals surface area contributed by atoms with Gasteiger partial charge in [0.1, 0.15) is 5.75 Å². The van der Waals surface area contributed by atoms with Gasteiger partial charge in [0.15, 0.2) is 0 Å². The van der Waals surface area contributed by atoms with E-state index in [1.54, 1.807) is 7.11 Å². The monoisotopic (exact) mass is 418 g/mol. The van der Waals surface area contributed by atoms with Crippen molar-refractivity contribution in [2.45, 2.75) is 84.0 Å². The summed E-state index contributed by atoms with van der Waals surface area (Å²) >= 11 is 0. The zero-order chi connectivity index (χ0) is 21.9. The molecule has 1 nitrogen and oxygen atoms in total. The summed E-state index contributed by atoms with van der Waals surface area (Å²) < 4.78 is 5.48. The van der Waals surface area contributed by atoms with Crippen molar-refractivity contribution in [3.8, 4) is 16.9 Å². The summed E-state index contributed by atoms with van der Waals surface area (Å²) in [4.78, 5) is 0. The molecule has 0 bridgehead atoms. The van der Waals surface area contributed by atoms with Crippen molar-refractivity contribution in [3.63, 3.8) is 0 Å². The molecule has 0 radical (unpaired) electrons. The molecule has 1 saturated carbocycles. The van der Waals surface area contributed by atoms with Crippen LogP contribution in [0.1, 0.15) is 82.3 Å². The largest absolute Gasteiger partial charge is 0.497 e. The van der Waals surface area contributed by atoms with Crippen molar-refractivity contribution in [2.75, 3.05) is 7.11 Å². The number of benzene rings is 2. The molecular weight excluding hydrogens is 376 g/mol. The summed E-state index contributed by atoms with van der Waals surface area (Å²) in [6.45, 7) is 6.23. The molecule has 0 atom stereocenters. The van der Waals surface area contributed by atoms with Gasteiger partial charge in [-0.2, -0.15) is 0 Å². The minimum atomic E-state index is 0.785. The highest BCUT2D eigenvalue weighted by molar-refractivity contribution is 5.68. The molecule has 0 aromatic heterocycles. The Bertz CT molecular complexity index is 781. The maximum atomic E-state index is 5.48. The second-order valence-corrected chi connectivity index (χ2v) is 9.44. The number of rotatable bonds is 12. The first-order chi connectivity index (χ1) is 15.2. The molecule has 1 aliphatic rings. The molecule has 1 heteroatoms. The molecule has 168 valence electrons. The average Bonchev–Trinajstić information content (AvgIpc) is 2.83. The van der Waals surface area contributed by atoms with Crippen LogP contribution in [0, 0.1) is 11.8 Å². The standard InChI is InChI=1S/C30H42O/c1-4-6-7-12-28-23-29(31-3)21-22-30(28)27-19-17-26(18-20-27)11-9-8-10-25-15-13-24(5-2)14-16-25/h5,17-25H,2,4,6-16H2,1,3H3/t24-,25-. The number of aryl methyl sites for hydroxylation is 2. The zero-order valence-corrected chi connectivity index (χ0v) is 19.9. The molecule has 1 aliphatic carbocycles. The number of hydrogen-bond donors (Lipinski definition) is 0. The Kier molecular flexibility index (Phi) is 9.72. The number of allylic oxidation sites excluding steroid dienone is 1. The van der Waals surface area contributed by atoms with Crippen LogP contribution in [0.15, 0.2) is 55.1 Å². The van der Waals surface area contributed by atoms with E-state index in [-0.39, 0.29) is 0 Å². The van der Waals surface area contributed by atoms with E-state index in [4.69, 9.17) is 4.74 Å². The van der Waals surface area contributed by atoms with Crippen LogP contribution in [0.2, 0.25) is 0 Å². The van der Waals surface area contributed by atoms with Gasteiger partial charge < -0.3 is 4.74 Å². The number of ether oxygens (including phenoxy) is 1. The Balaban J connectivity index is 1.51. The van der Waals surface area contributed by atoms with Gasteiger partial charge in [-0.3, -0.25) is 0 Å². The highest BCUT2D eigenvalue weighted by atomic mass is 16.5. The van der Waals surface area contributed by atoms with E-state index >= 15 is 0 Å². The van der Waals surface area contributed by atoms with Gasteiger partial charge in [-0.1, -0.05) is 69.0 Å². The summed E-state index contributed by atoms with van der Waals surface area (Å²) in [5.74, 6) is 2.71. The summed E-state index contributed by atoms with van der Waals surface area (Å²) in [5, 5.41) is 0. The third-order valence-electron chi connectivity index (χ3n) is 7.18. The lowest BCUT2D eigenvalue weighted by Crippen LogP contribution is -2.12. The Morgan fingerprint density at radius 3 is 2.32 bits per heavy atom. The molecular formula is C30H42O. The van der Waals surface area contributed by atoms with Crippen LogP contribution in [0.5, 0.6) is 5.75 Å². The first-order valence-corrected chi connectivity index (χ1v) is 12.6. The Labute approximate surface area is 190 Å². The molecule has 0 aliphatic heterocycles. The Hall–Kier alpha value is -2.02. The lowest BCUT2D eigenvalue weighted by atomic mass is 9.80. The summed E-state index contributed by atoms with van der Waals surface area (Å²) in [6.07, 6.45) is 17.9. The van der Waals surface area contributed by atoms with Crippen molar-refractivity contribution >= 4 is 0 Å². The van der Waals surface area contributed by atoms with Gasteiger partial charge in [-0.05, 0) is 97.6 Å². The summed E-state index contributed by atoms with van der Waals surface area (Å²) in [7, 11) is 1.76. The molecule has 31 heavy (non-hydrogen) atoms. The first kappa shape index (κ1) is 23.6. The molecule has 3 rings (SSSR count).